The van der Waals surface area contributed by atoms with Crippen LogP contribution in [0.3, 0.4) is 0 Å². The minimum absolute atomic E-state index is 0.337. The lowest BCUT2D eigenvalue weighted by atomic mass is 10.4. The quantitative estimate of drug-likeness (QED) is 0.565. The Bertz CT molecular complexity index is 195. The predicted molar refractivity (Wildman–Crippen MR) is 33.7 cm³/mol. The molecule has 0 amide bonds. The molecule has 10 heavy (non-hydrogen) atoms. The second-order valence-electron chi connectivity index (χ2n) is 1.84. The van der Waals surface area contributed by atoms with Gasteiger partial charge in [0.15, 0.2) is 0 Å². The summed E-state index contributed by atoms with van der Waals surface area (Å²) < 4.78 is 1.48. The van der Waals surface area contributed by atoms with E-state index in [-0.39, 0.29) is 0 Å². The number of nitrogens with zero attached hydrogens (tertiary/aromatic N) is 3. The molecule has 53 valence electrons. The van der Waals surface area contributed by atoms with Crippen LogP contribution < -0.4 is 5.73 Å². The van der Waals surface area contributed by atoms with Gasteiger partial charge < -0.3 is 5.73 Å². The van der Waals surface area contributed by atoms with E-state index < -0.39 is 6.04 Å². The number of carbonyl (C=O) groups excluding carboxylic acids is 1. The van der Waals surface area contributed by atoms with Crippen molar-refractivity contribution >= 4 is 6.29 Å². The molecule has 1 aromatic rings. The highest BCUT2D eigenvalue weighted by atomic mass is 16.1. The summed E-state index contributed by atoms with van der Waals surface area (Å²) >= 11 is 0. The second-order valence-corrected chi connectivity index (χ2v) is 1.84. The van der Waals surface area contributed by atoms with Gasteiger partial charge in [0.2, 0.25) is 6.29 Å². The van der Waals surface area contributed by atoms with E-state index in [1.165, 1.54) is 17.3 Å². The first-order valence-corrected chi connectivity index (χ1v) is 2.78. The average molecular weight is 139 g/mol. The van der Waals surface area contributed by atoms with Gasteiger partial charge in [-0.1, -0.05) is 0 Å². The summed E-state index contributed by atoms with van der Waals surface area (Å²) in [5.74, 6) is 0. The molecule has 5 heteroatoms. The van der Waals surface area contributed by atoms with Gasteiger partial charge in [0.25, 0.3) is 0 Å². The zero-order valence-electron chi connectivity index (χ0n) is 5.27. The van der Waals surface area contributed by atoms with Gasteiger partial charge in [-0.2, -0.15) is 5.10 Å². The van der Waals surface area contributed by atoms with Gasteiger partial charge in [0.1, 0.15) is 12.7 Å². The van der Waals surface area contributed by atoms with Crippen molar-refractivity contribution in [2.24, 2.45) is 5.73 Å². The van der Waals surface area contributed by atoms with Gasteiger partial charge in [-0.3, -0.25) is 9.48 Å². The Morgan fingerprint density at radius 3 is 3.10 bits per heavy atom. The normalized spacial score (nSPS) is 12.9. The first kappa shape index (κ1) is 6.88. The predicted octanol–water partition coefficient (Wildman–Crippen LogP) is -1.28. The van der Waals surface area contributed by atoms with Crippen LogP contribution in [0.2, 0.25) is 0 Å². The van der Waals surface area contributed by atoms with Crippen molar-refractivity contribution in [3.63, 3.8) is 0 Å². The van der Waals surface area contributed by atoms with Crippen LogP contribution in [-0.4, -0.2) is 27.1 Å². The highest BCUT2D eigenvalue weighted by molar-refractivity contribution is 5.57. The Kier molecular flexibility index (Phi) is 2.11. The highest BCUT2D eigenvalue weighted by Crippen LogP contribution is 1.81. The van der Waals surface area contributed by atoms with Crippen LogP contribution in [0.1, 0.15) is 0 Å². The molecule has 1 atom stereocenters. The Morgan fingerprint density at radius 2 is 2.60 bits per heavy atom. The molecule has 1 rings (SSSR count). The van der Waals surface area contributed by atoms with Crippen LogP contribution in [0, 0.1) is 0 Å². The van der Waals surface area contributed by atoms with Crippen LogP contribution in [0.5, 0.6) is 0 Å². The molecule has 0 aliphatic heterocycles. The van der Waals surface area contributed by atoms with Gasteiger partial charge in [0, 0.05) is 0 Å². The Morgan fingerprint density at radius 1 is 1.80 bits per heavy atom. The minimum Gasteiger partial charge on any atom is -0.320 e. The number of rotatable bonds is 3. The third-order valence-electron chi connectivity index (χ3n) is 1.00. The molecule has 0 spiro atoms. The van der Waals surface area contributed by atoms with Gasteiger partial charge in [0.05, 0.1) is 12.6 Å². The molecule has 0 aliphatic rings. The van der Waals surface area contributed by atoms with Crippen molar-refractivity contribution < 1.29 is 4.79 Å². The largest absolute Gasteiger partial charge is 0.320 e. The summed E-state index contributed by atoms with van der Waals surface area (Å²) in [5.41, 5.74) is 5.25. The molecule has 1 unspecified atom stereocenters. The summed E-state index contributed by atoms with van der Waals surface area (Å²) in [7, 11) is 0. The van der Waals surface area contributed by atoms with Gasteiger partial charge in [-0.05, 0) is 0 Å². The highest BCUT2D eigenvalue weighted by Gasteiger charge is 2.01. The summed E-state index contributed by atoms with van der Waals surface area (Å²) in [6.07, 6.45) is 4.53. The van der Waals surface area contributed by atoms with Crippen LogP contribution in [0.25, 0.3) is 0 Å². The monoisotopic (exact) mass is 139 g/mol. The van der Waals surface area contributed by atoms with E-state index >= 15 is 0 Å². The molecular formula is C5H7N4O. The summed E-state index contributed by atoms with van der Waals surface area (Å²) in [6, 6.07) is -0.610. The first-order chi connectivity index (χ1) is 4.83. The molecule has 5 nitrogen and oxygen atoms in total. The lowest BCUT2D eigenvalue weighted by molar-refractivity contribution is 0.512. The van der Waals surface area contributed by atoms with Crippen LogP contribution in [0.4, 0.5) is 0 Å². The van der Waals surface area contributed by atoms with Crippen molar-refractivity contribution in [1.82, 2.24) is 14.8 Å². The van der Waals surface area contributed by atoms with Crippen molar-refractivity contribution in [2.75, 3.05) is 0 Å². The van der Waals surface area contributed by atoms with E-state index in [4.69, 9.17) is 5.73 Å². The Labute approximate surface area is 57.9 Å². The zero-order valence-corrected chi connectivity index (χ0v) is 5.27. The zero-order chi connectivity index (χ0) is 7.40. The molecule has 2 N–H and O–H groups in total. The van der Waals surface area contributed by atoms with E-state index in [0.717, 1.165) is 0 Å². The molecule has 0 saturated heterocycles. The van der Waals surface area contributed by atoms with Crippen LogP contribution in [-0.2, 0) is 11.3 Å². The SMILES string of the molecule is NC([C]=O)Cn1cncn1. The lowest BCUT2D eigenvalue weighted by Gasteiger charge is -1.99. The van der Waals surface area contributed by atoms with E-state index in [1.807, 2.05) is 0 Å². The summed E-state index contributed by atoms with van der Waals surface area (Å²) in [6.45, 7) is 0.337. The van der Waals surface area contributed by atoms with Crippen molar-refractivity contribution in [2.45, 2.75) is 12.6 Å². The fraction of sp³-hybridized carbons (Fsp3) is 0.400. The second kappa shape index (κ2) is 3.07. The molecule has 1 heterocycles. The third kappa shape index (κ3) is 1.63. The fourth-order valence-electron chi connectivity index (χ4n) is 0.566. The van der Waals surface area contributed by atoms with Gasteiger partial charge in [-0.15, -0.1) is 0 Å². The number of aromatic nitrogens is 3. The van der Waals surface area contributed by atoms with Gasteiger partial charge in [-0.25, -0.2) is 4.98 Å². The van der Waals surface area contributed by atoms with Crippen molar-refractivity contribution in [1.29, 1.82) is 0 Å². The molecule has 0 aliphatic carbocycles. The Balaban J connectivity index is 2.47. The molecule has 0 bridgehead atoms. The smallest absolute Gasteiger partial charge is 0.218 e. The molecular weight excluding hydrogens is 132 g/mol. The fourth-order valence-corrected chi connectivity index (χ4v) is 0.566. The molecule has 0 fully saturated rings. The lowest BCUT2D eigenvalue weighted by Crippen LogP contribution is -2.27. The first-order valence-electron chi connectivity index (χ1n) is 2.78. The van der Waals surface area contributed by atoms with E-state index in [9.17, 15) is 4.79 Å². The van der Waals surface area contributed by atoms with Gasteiger partial charge >= 0.3 is 0 Å². The summed E-state index contributed by atoms with van der Waals surface area (Å²) in [5, 5.41) is 3.75. The standard InChI is InChI=1S/C5H7N4O/c6-5(2-10)1-9-4-7-3-8-9/h3-5H,1,6H2. The van der Waals surface area contributed by atoms with Crippen molar-refractivity contribution in [3.8, 4) is 0 Å². The molecule has 1 aromatic heterocycles. The molecule has 1 radical (unpaired) electrons. The number of hydrogen-bond acceptors (Lipinski definition) is 4. The Hall–Kier alpha value is -1.23. The van der Waals surface area contributed by atoms with E-state index in [2.05, 4.69) is 10.1 Å². The molecule has 0 saturated carbocycles. The maximum Gasteiger partial charge on any atom is 0.218 e. The topological polar surface area (TPSA) is 73.8 Å². The maximum atomic E-state index is 9.92. The van der Waals surface area contributed by atoms with E-state index in [1.54, 1.807) is 6.29 Å². The van der Waals surface area contributed by atoms with Crippen LogP contribution in [0.15, 0.2) is 12.7 Å². The van der Waals surface area contributed by atoms with E-state index in [0.29, 0.717) is 6.54 Å². The number of hydrogen-bond donors (Lipinski definition) is 1. The minimum atomic E-state index is -0.610. The van der Waals surface area contributed by atoms with Crippen LogP contribution >= 0.6 is 0 Å². The molecule has 0 aromatic carbocycles. The van der Waals surface area contributed by atoms with Crippen molar-refractivity contribution in [3.05, 3.63) is 12.7 Å². The summed E-state index contributed by atoms with van der Waals surface area (Å²) in [4.78, 5) is 13.6. The maximum absolute atomic E-state index is 9.92. The third-order valence-corrected chi connectivity index (χ3v) is 1.00. The average Bonchev–Trinajstić information content (AvgIpc) is 2.40. The number of nitrogens with two attached hydrogens (primary N) is 1.